The summed E-state index contributed by atoms with van der Waals surface area (Å²) in [4.78, 5) is 23.0. The third kappa shape index (κ3) is 4.31. The van der Waals surface area contributed by atoms with E-state index in [0.29, 0.717) is 15.8 Å². The van der Waals surface area contributed by atoms with Crippen molar-refractivity contribution in [3.8, 4) is 0 Å². The van der Waals surface area contributed by atoms with E-state index in [9.17, 15) is 9.00 Å². The molecule has 3 aromatic carbocycles. The molecule has 29 heavy (non-hydrogen) atoms. The third-order valence-electron chi connectivity index (χ3n) is 4.09. The second-order valence-corrected chi connectivity index (χ2v) is 7.10. The van der Waals surface area contributed by atoms with Gasteiger partial charge in [0, 0.05) is 0 Å². The minimum atomic E-state index is -1.91. The van der Waals surface area contributed by atoms with Gasteiger partial charge in [-0.3, -0.25) is 4.79 Å². The van der Waals surface area contributed by atoms with Crippen molar-refractivity contribution in [1.29, 1.82) is 0 Å². The minimum absolute atomic E-state index is 0.211. The van der Waals surface area contributed by atoms with E-state index >= 15 is 0 Å². The van der Waals surface area contributed by atoms with Gasteiger partial charge in [-0.2, -0.15) is 0 Å². The third-order valence-corrected chi connectivity index (χ3v) is 4.93. The van der Waals surface area contributed by atoms with Gasteiger partial charge in [-0.25, -0.2) is 14.2 Å². The van der Waals surface area contributed by atoms with E-state index in [4.69, 9.17) is 9.32 Å². The Bertz CT molecular complexity index is 1240. The average molecular weight is 404 g/mol. The molecule has 0 saturated carbocycles. The Labute approximate surface area is 169 Å². The number of para-hydroxylation sites is 1. The molecule has 0 fully saturated rings. The van der Waals surface area contributed by atoms with Gasteiger partial charge in [0.05, 0.1) is 15.8 Å². The van der Waals surface area contributed by atoms with Gasteiger partial charge in [0.25, 0.3) is 5.56 Å². The highest BCUT2D eigenvalue weighted by Gasteiger charge is 2.13. The number of hydrogen-bond acceptors (Lipinski definition) is 5. The van der Waals surface area contributed by atoms with Crippen LogP contribution in [0.5, 0.6) is 0 Å². The smallest absolute Gasteiger partial charge is 0.265 e. The zero-order chi connectivity index (χ0) is 20.1. The molecule has 4 rings (SSSR count). The van der Waals surface area contributed by atoms with Crippen molar-refractivity contribution in [2.75, 3.05) is 0 Å². The summed E-state index contributed by atoms with van der Waals surface area (Å²) < 4.78 is 18.2. The Hall–Kier alpha value is -3.55. The summed E-state index contributed by atoms with van der Waals surface area (Å²) in [5.74, 6) is 0.211. The molecule has 0 spiro atoms. The maximum absolute atomic E-state index is 12.9. The number of nitrogens with zero attached hydrogens (tertiary/aromatic N) is 2. The van der Waals surface area contributed by atoms with Crippen molar-refractivity contribution in [1.82, 2.24) is 9.71 Å². The normalized spacial score (nSPS) is 12.3. The fraction of sp³-hybridized carbons (Fsp3) is 0. The lowest BCUT2D eigenvalue weighted by atomic mass is 10.2. The lowest BCUT2D eigenvalue weighted by Gasteiger charge is -2.09. The van der Waals surface area contributed by atoms with Crippen LogP contribution in [-0.4, -0.2) is 13.9 Å². The molecule has 1 unspecified atom stereocenters. The lowest BCUT2D eigenvalue weighted by molar-refractivity contribution is -0.203. The maximum atomic E-state index is 12.9. The van der Waals surface area contributed by atoms with Crippen LogP contribution in [0.15, 0.2) is 94.6 Å². The van der Waals surface area contributed by atoms with Crippen molar-refractivity contribution in [3.05, 3.63) is 107 Å². The van der Waals surface area contributed by atoms with Crippen LogP contribution in [-0.2, 0) is 15.4 Å². The molecular formula is C22H16N2O4S. The molecule has 0 bridgehead atoms. The predicted octanol–water partition coefficient (Wildman–Crippen LogP) is 3.65. The Balaban J connectivity index is 1.70. The average Bonchev–Trinajstić information content (AvgIpc) is 2.78. The van der Waals surface area contributed by atoms with Gasteiger partial charge >= 0.3 is 0 Å². The molecule has 0 saturated heterocycles. The maximum Gasteiger partial charge on any atom is 0.297 e. The van der Waals surface area contributed by atoms with Crippen LogP contribution in [0.1, 0.15) is 11.4 Å². The SMILES string of the molecule is O=c1c2ccccc2nc(/C=C/c2ccccc2)n1OOS(=O)c1ccccc1. The quantitative estimate of drug-likeness (QED) is 0.362. The molecule has 7 heteroatoms. The van der Waals surface area contributed by atoms with Gasteiger partial charge in [0.15, 0.2) is 5.82 Å². The first-order valence-corrected chi connectivity index (χ1v) is 9.87. The monoisotopic (exact) mass is 404 g/mol. The Morgan fingerprint density at radius 2 is 1.48 bits per heavy atom. The zero-order valence-electron chi connectivity index (χ0n) is 15.2. The van der Waals surface area contributed by atoms with Gasteiger partial charge in [-0.1, -0.05) is 75.8 Å². The number of rotatable bonds is 6. The number of hydrogen-bond donors (Lipinski definition) is 0. The summed E-state index contributed by atoms with van der Waals surface area (Å²) in [7, 11) is 0. The molecule has 0 aliphatic heterocycles. The van der Waals surface area contributed by atoms with Crippen LogP contribution in [0.2, 0.25) is 0 Å². The number of benzene rings is 3. The van der Waals surface area contributed by atoms with Crippen LogP contribution in [0, 0.1) is 0 Å². The summed E-state index contributed by atoms with van der Waals surface area (Å²) in [5, 5.41) is 0.360. The molecule has 144 valence electrons. The van der Waals surface area contributed by atoms with Crippen LogP contribution < -0.4 is 10.5 Å². The summed E-state index contributed by atoms with van der Waals surface area (Å²) in [5.41, 5.74) is 0.984. The lowest BCUT2D eigenvalue weighted by Crippen LogP contribution is -2.30. The number of fused-ring (bicyclic) bond motifs is 1. The molecule has 4 aromatic rings. The summed E-state index contributed by atoms with van der Waals surface area (Å²) >= 11 is -1.91. The summed E-state index contributed by atoms with van der Waals surface area (Å²) in [6.45, 7) is 0. The Morgan fingerprint density at radius 1 is 0.828 bits per heavy atom. The Morgan fingerprint density at radius 3 is 2.24 bits per heavy atom. The molecule has 0 aliphatic rings. The number of aromatic nitrogens is 2. The molecule has 0 amide bonds. The fourth-order valence-corrected chi connectivity index (χ4v) is 3.25. The van der Waals surface area contributed by atoms with E-state index in [1.54, 1.807) is 66.7 Å². The first-order chi connectivity index (χ1) is 14.2. The predicted molar refractivity (Wildman–Crippen MR) is 112 cm³/mol. The van der Waals surface area contributed by atoms with E-state index in [2.05, 4.69) is 4.98 Å². The zero-order valence-corrected chi connectivity index (χ0v) is 16.0. The minimum Gasteiger partial charge on any atom is -0.265 e. The molecule has 6 nitrogen and oxygen atoms in total. The van der Waals surface area contributed by atoms with Crippen LogP contribution >= 0.6 is 0 Å². The van der Waals surface area contributed by atoms with E-state index in [-0.39, 0.29) is 5.82 Å². The summed E-state index contributed by atoms with van der Waals surface area (Å²) in [6.07, 6.45) is 3.43. The van der Waals surface area contributed by atoms with E-state index in [1.807, 2.05) is 30.3 Å². The second-order valence-electron chi connectivity index (χ2n) is 6.02. The molecule has 1 atom stereocenters. The van der Waals surface area contributed by atoms with Gasteiger partial charge in [0.1, 0.15) is 0 Å². The molecule has 0 radical (unpaired) electrons. The van der Waals surface area contributed by atoms with Crippen LogP contribution in [0.25, 0.3) is 23.1 Å². The van der Waals surface area contributed by atoms with Crippen LogP contribution in [0.4, 0.5) is 0 Å². The van der Waals surface area contributed by atoms with Crippen molar-refractivity contribution in [2.45, 2.75) is 4.90 Å². The highest BCUT2D eigenvalue weighted by molar-refractivity contribution is 7.80. The molecule has 1 heterocycles. The van der Waals surface area contributed by atoms with Gasteiger partial charge in [-0.15, -0.1) is 0 Å². The fourth-order valence-electron chi connectivity index (χ4n) is 2.68. The standard InChI is InChI=1S/C22H16N2O4S/c25-22-19-13-7-8-14-20(19)23-21(16-15-17-9-3-1-4-10-17)24(22)27-28-29(26)18-11-5-2-6-12-18/h1-16H/b16-15+. The van der Waals surface area contributed by atoms with Gasteiger partial charge in [0.2, 0.25) is 11.1 Å². The van der Waals surface area contributed by atoms with Crippen molar-refractivity contribution >= 4 is 34.1 Å². The molecular weight excluding hydrogens is 388 g/mol. The van der Waals surface area contributed by atoms with Crippen LogP contribution in [0.3, 0.4) is 0 Å². The van der Waals surface area contributed by atoms with E-state index in [0.717, 1.165) is 10.3 Å². The van der Waals surface area contributed by atoms with Crippen molar-refractivity contribution < 1.29 is 13.5 Å². The van der Waals surface area contributed by atoms with Crippen molar-refractivity contribution in [2.24, 2.45) is 0 Å². The second kappa shape index (κ2) is 8.64. The van der Waals surface area contributed by atoms with Crippen molar-refractivity contribution in [3.63, 3.8) is 0 Å². The van der Waals surface area contributed by atoms with Gasteiger partial charge < -0.3 is 0 Å². The van der Waals surface area contributed by atoms with E-state index < -0.39 is 16.6 Å². The largest absolute Gasteiger partial charge is 0.297 e. The first-order valence-electron chi connectivity index (χ1n) is 8.79. The summed E-state index contributed by atoms with van der Waals surface area (Å²) in [6, 6.07) is 25.0. The van der Waals surface area contributed by atoms with E-state index in [1.165, 1.54) is 0 Å². The van der Waals surface area contributed by atoms with Gasteiger partial charge in [-0.05, 0) is 35.9 Å². The topological polar surface area (TPSA) is 70.4 Å². The first kappa shape index (κ1) is 18.8. The highest BCUT2D eigenvalue weighted by atomic mass is 32.2. The molecule has 0 aliphatic carbocycles. The molecule has 1 aromatic heterocycles. The molecule has 0 N–H and O–H groups in total. The Kier molecular flexibility index (Phi) is 5.60. The highest BCUT2D eigenvalue weighted by Crippen LogP contribution is 2.12.